The number of hydrogen-bond acceptors (Lipinski definition) is 2. The number of aryl methyl sites for hydroxylation is 2. The molecule has 0 bridgehead atoms. The third-order valence-corrected chi connectivity index (χ3v) is 2.17. The van der Waals surface area contributed by atoms with Gasteiger partial charge in [-0.25, -0.2) is 0 Å². The van der Waals surface area contributed by atoms with Crippen LogP contribution in [0.1, 0.15) is 11.3 Å². The Bertz CT molecular complexity index is 433. The molecular formula is C9H8ClNO. The lowest BCUT2D eigenvalue weighted by Gasteiger charge is -1.88. The predicted molar refractivity (Wildman–Crippen MR) is 48.5 cm³/mol. The molecule has 2 aromatic heterocycles. The third-order valence-electron chi connectivity index (χ3n) is 1.97. The smallest absolute Gasteiger partial charge is 0.154 e. The Labute approximate surface area is 75.2 Å². The van der Waals surface area contributed by atoms with Gasteiger partial charge in [0, 0.05) is 17.8 Å². The number of hydrogen-bond donors (Lipinski definition) is 0. The summed E-state index contributed by atoms with van der Waals surface area (Å²) in [5.74, 6) is 0.903. The molecule has 0 saturated heterocycles. The van der Waals surface area contributed by atoms with E-state index in [1.165, 1.54) is 0 Å². The van der Waals surface area contributed by atoms with Gasteiger partial charge >= 0.3 is 0 Å². The van der Waals surface area contributed by atoms with Crippen molar-refractivity contribution in [3.8, 4) is 0 Å². The molecule has 0 radical (unpaired) electrons. The second-order valence-corrected chi connectivity index (χ2v) is 3.22. The Kier molecular flexibility index (Phi) is 1.58. The molecule has 0 amide bonds. The van der Waals surface area contributed by atoms with E-state index < -0.39 is 0 Å². The normalized spacial score (nSPS) is 10.9. The Morgan fingerprint density at radius 3 is 2.92 bits per heavy atom. The van der Waals surface area contributed by atoms with Crippen molar-refractivity contribution in [2.45, 2.75) is 13.8 Å². The predicted octanol–water partition coefficient (Wildman–Crippen LogP) is 3.10. The summed E-state index contributed by atoms with van der Waals surface area (Å²) in [6.45, 7) is 3.91. The average molecular weight is 182 g/mol. The second kappa shape index (κ2) is 2.49. The highest BCUT2D eigenvalue weighted by Crippen LogP contribution is 2.24. The van der Waals surface area contributed by atoms with E-state index in [-0.39, 0.29) is 0 Å². The molecule has 0 aliphatic carbocycles. The zero-order valence-electron chi connectivity index (χ0n) is 6.89. The van der Waals surface area contributed by atoms with Gasteiger partial charge in [-0.3, -0.25) is 4.98 Å². The molecule has 2 heterocycles. The number of furan rings is 1. The summed E-state index contributed by atoms with van der Waals surface area (Å²) in [4.78, 5) is 4.18. The molecule has 0 unspecified atom stereocenters. The zero-order chi connectivity index (χ0) is 8.72. The highest BCUT2D eigenvalue weighted by molar-refractivity contribution is 6.31. The van der Waals surface area contributed by atoms with Crippen molar-refractivity contribution in [2.75, 3.05) is 0 Å². The van der Waals surface area contributed by atoms with E-state index in [1.807, 2.05) is 13.8 Å². The first kappa shape index (κ1) is 7.62. The van der Waals surface area contributed by atoms with Gasteiger partial charge in [-0.2, -0.15) is 0 Å². The molecule has 2 aromatic rings. The molecule has 2 nitrogen and oxygen atoms in total. The van der Waals surface area contributed by atoms with Gasteiger partial charge in [-0.05, 0) is 13.8 Å². The van der Waals surface area contributed by atoms with Crippen LogP contribution < -0.4 is 0 Å². The van der Waals surface area contributed by atoms with Crippen molar-refractivity contribution in [3.63, 3.8) is 0 Å². The number of nitrogens with zero attached hydrogens (tertiary/aromatic N) is 1. The molecule has 62 valence electrons. The van der Waals surface area contributed by atoms with Gasteiger partial charge in [0.15, 0.2) is 5.58 Å². The Morgan fingerprint density at radius 2 is 2.17 bits per heavy atom. The van der Waals surface area contributed by atoms with Crippen molar-refractivity contribution in [1.29, 1.82) is 0 Å². The van der Waals surface area contributed by atoms with E-state index in [1.54, 1.807) is 12.3 Å². The Morgan fingerprint density at radius 1 is 1.42 bits per heavy atom. The first-order valence-electron chi connectivity index (χ1n) is 3.70. The monoisotopic (exact) mass is 181 g/mol. The van der Waals surface area contributed by atoms with Crippen molar-refractivity contribution < 1.29 is 4.42 Å². The zero-order valence-corrected chi connectivity index (χ0v) is 7.64. The van der Waals surface area contributed by atoms with Crippen LogP contribution in [0, 0.1) is 13.8 Å². The number of halogens is 1. The molecule has 12 heavy (non-hydrogen) atoms. The van der Waals surface area contributed by atoms with Crippen molar-refractivity contribution in [3.05, 3.63) is 28.6 Å². The molecular weight excluding hydrogens is 174 g/mol. The summed E-state index contributed by atoms with van der Waals surface area (Å²) in [6.07, 6.45) is 1.63. The van der Waals surface area contributed by atoms with Crippen LogP contribution in [-0.2, 0) is 0 Å². The minimum Gasteiger partial charge on any atom is -0.459 e. The van der Waals surface area contributed by atoms with E-state index >= 15 is 0 Å². The van der Waals surface area contributed by atoms with Gasteiger partial charge in [0.2, 0.25) is 0 Å². The summed E-state index contributed by atoms with van der Waals surface area (Å²) >= 11 is 5.76. The number of fused-ring (bicyclic) bond motifs is 1. The molecule has 0 aliphatic heterocycles. The third kappa shape index (κ3) is 0.994. The van der Waals surface area contributed by atoms with Crippen LogP contribution in [0.15, 0.2) is 16.7 Å². The molecule has 3 heteroatoms. The maximum Gasteiger partial charge on any atom is 0.154 e. The average Bonchev–Trinajstić information content (AvgIpc) is 2.28. The fourth-order valence-corrected chi connectivity index (χ4v) is 1.34. The minimum atomic E-state index is 0.608. The van der Waals surface area contributed by atoms with Gasteiger partial charge in [0.05, 0.1) is 5.02 Å². The molecule has 0 fully saturated rings. The number of pyridine rings is 1. The SMILES string of the molecule is Cc1oc2cc(Cl)cnc2c1C. The van der Waals surface area contributed by atoms with Crippen LogP contribution >= 0.6 is 11.6 Å². The molecule has 0 atom stereocenters. The van der Waals surface area contributed by atoms with Gasteiger partial charge in [-0.15, -0.1) is 0 Å². The summed E-state index contributed by atoms with van der Waals surface area (Å²) in [5, 5.41) is 0.608. The topological polar surface area (TPSA) is 26.0 Å². The number of rotatable bonds is 0. The van der Waals surface area contributed by atoms with E-state index in [0.717, 1.165) is 22.4 Å². The molecule has 0 N–H and O–H groups in total. The minimum absolute atomic E-state index is 0.608. The Hall–Kier alpha value is -1.02. The lowest BCUT2D eigenvalue weighted by atomic mass is 10.2. The van der Waals surface area contributed by atoms with Gasteiger partial charge < -0.3 is 4.42 Å². The van der Waals surface area contributed by atoms with E-state index in [0.29, 0.717) is 5.02 Å². The molecule has 0 aromatic carbocycles. The van der Waals surface area contributed by atoms with Crippen LogP contribution in [0.2, 0.25) is 5.02 Å². The highest BCUT2D eigenvalue weighted by atomic mass is 35.5. The van der Waals surface area contributed by atoms with Crippen molar-refractivity contribution >= 4 is 22.7 Å². The van der Waals surface area contributed by atoms with Crippen LogP contribution in [0.5, 0.6) is 0 Å². The fourth-order valence-electron chi connectivity index (χ4n) is 1.19. The van der Waals surface area contributed by atoms with Crippen molar-refractivity contribution in [1.82, 2.24) is 4.98 Å². The van der Waals surface area contributed by atoms with Crippen LogP contribution in [0.3, 0.4) is 0 Å². The molecule has 0 saturated carbocycles. The summed E-state index contributed by atoms with van der Waals surface area (Å²) in [6, 6.07) is 1.78. The van der Waals surface area contributed by atoms with E-state index in [9.17, 15) is 0 Å². The van der Waals surface area contributed by atoms with Crippen LogP contribution in [0.25, 0.3) is 11.1 Å². The molecule has 0 aliphatic rings. The largest absolute Gasteiger partial charge is 0.459 e. The Balaban J connectivity index is 2.87. The quantitative estimate of drug-likeness (QED) is 0.624. The maximum absolute atomic E-state index is 5.76. The number of aromatic nitrogens is 1. The van der Waals surface area contributed by atoms with Crippen molar-refractivity contribution in [2.24, 2.45) is 0 Å². The maximum atomic E-state index is 5.76. The van der Waals surface area contributed by atoms with Gasteiger partial charge in [0.1, 0.15) is 11.3 Å². The van der Waals surface area contributed by atoms with E-state index in [2.05, 4.69) is 4.98 Å². The second-order valence-electron chi connectivity index (χ2n) is 2.78. The van der Waals surface area contributed by atoms with Crippen LogP contribution in [0.4, 0.5) is 0 Å². The lowest BCUT2D eigenvalue weighted by Crippen LogP contribution is -1.75. The van der Waals surface area contributed by atoms with Gasteiger partial charge in [0.25, 0.3) is 0 Å². The first-order valence-corrected chi connectivity index (χ1v) is 4.07. The lowest BCUT2D eigenvalue weighted by molar-refractivity contribution is 0.575. The summed E-state index contributed by atoms with van der Waals surface area (Å²) in [5.41, 5.74) is 2.75. The van der Waals surface area contributed by atoms with Gasteiger partial charge in [-0.1, -0.05) is 11.6 Å². The molecule has 2 rings (SSSR count). The summed E-state index contributed by atoms with van der Waals surface area (Å²) < 4.78 is 5.43. The van der Waals surface area contributed by atoms with Crippen LogP contribution in [-0.4, -0.2) is 4.98 Å². The fraction of sp³-hybridized carbons (Fsp3) is 0.222. The molecule has 0 spiro atoms. The first-order chi connectivity index (χ1) is 5.68. The van der Waals surface area contributed by atoms with E-state index in [4.69, 9.17) is 16.0 Å². The standard InChI is InChI=1S/C9H8ClNO/c1-5-6(2)12-8-3-7(10)4-11-9(5)8/h3-4H,1-2H3. The summed E-state index contributed by atoms with van der Waals surface area (Å²) in [7, 11) is 0. The highest BCUT2D eigenvalue weighted by Gasteiger charge is 2.07.